The van der Waals surface area contributed by atoms with Crippen LogP contribution >= 0.6 is 0 Å². The fraction of sp³-hybridized carbons (Fsp3) is 0.667. The van der Waals surface area contributed by atoms with E-state index in [-0.39, 0.29) is 0 Å². The second kappa shape index (κ2) is 5.99. The van der Waals surface area contributed by atoms with Gasteiger partial charge in [0.15, 0.2) is 0 Å². The molecule has 0 saturated carbocycles. The molecule has 0 bridgehead atoms. The van der Waals surface area contributed by atoms with E-state index in [0.717, 1.165) is 6.42 Å². The zero-order valence-electron chi connectivity index (χ0n) is 10.2. The monoisotopic (exact) mass is 196 g/mol. The van der Waals surface area contributed by atoms with Gasteiger partial charge in [0.2, 0.25) is 0 Å². The Kier molecular flexibility index (Phi) is 5.73. The molecule has 0 aliphatic carbocycles. The van der Waals surface area contributed by atoms with Crippen molar-refractivity contribution in [2.75, 3.05) is 7.05 Å². The van der Waals surface area contributed by atoms with Crippen LogP contribution in [0.3, 0.4) is 0 Å². The maximum Gasteiger partial charge on any atom is 0.0272 e. The van der Waals surface area contributed by atoms with E-state index in [1.165, 1.54) is 11.1 Å². The van der Waals surface area contributed by atoms with Crippen LogP contribution in [0.5, 0.6) is 0 Å². The third kappa shape index (κ3) is 3.28. The van der Waals surface area contributed by atoms with Crippen molar-refractivity contribution in [3.63, 3.8) is 0 Å². The predicted molar refractivity (Wildman–Crippen MR) is 63.8 cm³/mol. The molecule has 0 spiro atoms. The number of hydrogen-bond acceptors (Lipinski definition) is 2. The third-order valence-corrected chi connectivity index (χ3v) is 3.18. The standard InChI is InChI=1S/C12H24N2/c1-7-12(8-2)10(4)9(3)11(5)14(6)13/h7,9,11H,1,8,13H2,2-6H3/b12-10+. The molecule has 0 amide bonds. The molecule has 2 heteroatoms. The number of allylic oxidation sites excluding steroid dienone is 2. The summed E-state index contributed by atoms with van der Waals surface area (Å²) in [5, 5.41) is 1.77. The van der Waals surface area contributed by atoms with Gasteiger partial charge in [-0.2, -0.15) is 0 Å². The van der Waals surface area contributed by atoms with E-state index in [1.807, 2.05) is 13.1 Å². The maximum atomic E-state index is 5.74. The van der Waals surface area contributed by atoms with Gasteiger partial charge in [0.1, 0.15) is 0 Å². The first-order valence-corrected chi connectivity index (χ1v) is 5.25. The highest BCUT2D eigenvalue weighted by atomic mass is 15.4. The van der Waals surface area contributed by atoms with E-state index in [4.69, 9.17) is 5.84 Å². The SMILES string of the molecule is C=C/C(CC)=C(/C)C(C)C(C)N(C)N. The van der Waals surface area contributed by atoms with Crippen molar-refractivity contribution >= 4 is 0 Å². The minimum absolute atomic E-state index is 0.358. The number of rotatable bonds is 5. The molecular weight excluding hydrogens is 172 g/mol. The molecule has 0 aliphatic heterocycles. The van der Waals surface area contributed by atoms with E-state index in [9.17, 15) is 0 Å². The zero-order valence-corrected chi connectivity index (χ0v) is 10.2. The van der Waals surface area contributed by atoms with Crippen LogP contribution in [0.1, 0.15) is 34.1 Å². The van der Waals surface area contributed by atoms with Gasteiger partial charge in [0.05, 0.1) is 0 Å². The molecule has 0 radical (unpaired) electrons. The van der Waals surface area contributed by atoms with Gasteiger partial charge in [-0.3, -0.25) is 5.84 Å². The molecule has 14 heavy (non-hydrogen) atoms. The fourth-order valence-electron chi connectivity index (χ4n) is 1.59. The second-order valence-electron chi connectivity index (χ2n) is 3.96. The van der Waals surface area contributed by atoms with Crippen molar-refractivity contribution in [3.05, 3.63) is 23.8 Å². The molecule has 0 fully saturated rings. The van der Waals surface area contributed by atoms with Crippen LogP contribution in [0.25, 0.3) is 0 Å². The van der Waals surface area contributed by atoms with Crippen LogP contribution in [-0.4, -0.2) is 18.1 Å². The Bertz CT molecular complexity index is 216. The van der Waals surface area contributed by atoms with Crippen LogP contribution in [0.15, 0.2) is 23.8 Å². The molecule has 0 aliphatic rings. The summed E-state index contributed by atoms with van der Waals surface area (Å²) in [6.45, 7) is 12.5. The number of hydrogen-bond donors (Lipinski definition) is 1. The molecule has 82 valence electrons. The summed E-state index contributed by atoms with van der Waals surface area (Å²) < 4.78 is 0. The van der Waals surface area contributed by atoms with Gasteiger partial charge in [0.25, 0.3) is 0 Å². The molecular formula is C12H24N2. The highest BCUT2D eigenvalue weighted by molar-refractivity contribution is 5.24. The van der Waals surface area contributed by atoms with Gasteiger partial charge >= 0.3 is 0 Å². The summed E-state index contributed by atoms with van der Waals surface area (Å²) in [4.78, 5) is 0. The van der Waals surface area contributed by atoms with Gasteiger partial charge in [-0.05, 0) is 31.8 Å². The Morgan fingerprint density at radius 2 is 2.00 bits per heavy atom. The molecule has 0 aromatic heterocycles. The largest absolute Gasteiger partial charge is 0.269 e. The average molecular weight is 196 g/mol. The summed E-state index contributed by atoms with van der Waals surface area (Å²) in [6, 6.07) is 0.358. The normalized spacial score (nSPS) is 17.6. The lowest BCUT2D eigenvalue weighted by atomic mass is 9.90. The summed E-state index contributed by atoms with van der Waals surface area (Å²) in [6.07, 6.45) is 3.00. The molecule has 2 atom stereocenters. The van der Waals surface area contributed by atoms with E-state index in [0.29, 0.717) is 12.0 Å². The van der Waals surface area contributed by atoms with Crippen molar-refractivity contribution in [2.45, 2.75) is 40.2 Å². The van der Waals surface area contributed by atoms with Crippen LogP contribution < -0.4 is 5.84 Å². The topological polar surface area (TPSA) is 29.3 Å². The first-order chi connectivity index (χ1) is 6.45. The van der Waals surface area contributed by atoms with Gasteiger partial charge in [-0.15, -0.1) is 0 Å². The van der Waals surface area contributed by atoms with E-state index in [2.05, 4.69) is 34.3 Å². The molecule has 2 N–H and O–H groups in total. The summed E-state index contributed by atoms with van der Waals surface area (Å²) >= 11 is 0. The number of nitrogens with zero attached hydrogens (tertiary/aromatic N) is 1. The summed E-state index contributed by atoms with van der Waals surface area (Å²) in [7, 11) is 1.91. The Hall–Kier alpha value is -0.600. The lowest BCUT2D eigenvalue weighted by molar-refractivity contribution is 0.220. The van der Waals surface area contributed by atoms with Gasteiger partial charge in [-0.25, -0.2) is 5.01 Å². The van der Waals surface area contributed by atoms with Crippen molar-refractivity contribution in [2.24, 2.45) is 11.8 Å². The Labute approximate surface area is 88.4 Å². The van der Waals surface area contributed by atoms with Gasteiger partial charge < -0.3 is 0 Å². The minimum Gasteiger partial charge on any atom is -0.269 e. The zero-order chi connectivity index (χ0) is 11.3. The number of hydrazine groups is 1. The fourth-order valence-corrected chi connectivity index (χ4v) is 1.59. The van der Waals surface area contributed by atoms with Crippen molar-refractivity contribution < 1.29 is 0 Å². The first kappa shape index (κ1) is 13.4. The van der Waals surface area contributed by atoms with Crippen molar-refractivity contribution in [3.8, 4) is 0 Å². The summed E-state index contributed by atoms with van der Waals surface area (Å²) in [5.74, 6) is 6.21. The third-order valence-electron chi connectivity index (χ3n) is 3.18. The molecule has 0 saturated heterocycles. The average Bonchev–Trinajstić information content (AvgIpc) is 2.17. The maximum absolute atomic E-state index is 5.74. The lowest BCUT2D eigenvalue weighted by Gasteiger charge is -2.27. The number of nitrogens with two attached hydrogens (primary N) is 1. The second-order valence-corrected chi connectivity index (χ2v) is 3.96. The molecule has 0 rings (SSSR count). The predicted octanol–water partition coefficient (Wildman–Crippen LogP) is 2.73. The van der Waals surface area contributed by atoms with E-state index in [1.54, 1.807) is 5.01 Å². The Morgan fingerprint density at radius 3 is 2.29 bits per heavy atom. The van der Waals surface area contributed by atoms with Gasteiger partial charge in [-0.1, -0.05) is 32.1 Å². The van der Waals surface area contributed by atoms with Crippen LogP contribution in [0.2, 0.25) is 0 Å². The Balaban J connectivity index is 4.74. The van der Waals surface area contributed by atoms with Crippen LogP contribution in [-0.2, 0) is 0 Å². The highest BCUT2D eigenvalue weighted by Crippen LogP contribution is 2.22. The Morgan fingerprint density at radius 1 is 1.50 bits per heavy atom. The smallest absolute Gasteiger partial charge is 0.0272 e. The van der Waals surface area contributed by atoms with Crippen LogP contribution in [0.4, 0.5) is 0 Å². The van der Waals surface area contributed by atoms with E-state index >= 15 is 0 Å². The lowest BCUT2D eigenvalue weighted by Crippen LogP contribution is -2.40. The minimum atomic E-state index is 0.358. The molecule has 2 unspecified atom stereocenters. The van der Waals surface area contributed by atoms with Crippen molar-refractivity contribution in [1.82, 2.24) is 5.01 Å². The van der Waals surface area contributed by atoms with Crippen molar-refractivity contribution in [1.29, 1.82) is 0 Å². The summed E-state index contributed by atoms with van der Waals surface area (Å²) in [5.41, 5.74) is 2.73. The highest BCUT2D eigenvalue weighted by Gasteiger charge is 2.17. The van der Waals surface area contributed by atoms with Crippen LogP contribution in [0, 0.1) is 5.92 Å². The molecule has 0 heterocycles. The first-order valence-electron chi connectivity index (χ1n) is 5.25. The van der Waals surface area contributed by atoms with E-state index < -0.39 is 0 Å². The molecule has 0 aromatic rings. The molecule has 2 nitrogen and oxygen atoms in total. The quantitative estimate of drug-likeness (QED) is 0.416. The van der Waals surface area contributed by atoms with Gasteiger partial charge in [0, 0.05) is 13.1 Å². The molecule has 0 aromatic carbocycles.